The van der Waals surface area contributed by atoms with Crippen LogP contribution in [0.4, 0.5) is 0 Å². The molecule has 0 fully saturated rings. The van der Waals surface area contributed by atoms with Gasteiger partial charge in [0.05, 0.1) is 12.7 Å². The van der Waals surface area contributed by atoms with E-state index in [4.69, 9.17) is 4.74 Å². The lowest BCUT2D eigenvalue weighted by Crippen LogP contribution is -2.12. The summed E-state index contributed by atoms with van der Waals surface area (Å²) in [6, 6.07) is 12.1. The van der Waals surface area contributed by atoms with Gasteiger partial charge in [0.1, 0.15) is 5.75 Å². The second-order valence-corrected chi connectivity index (χ2v) is 6.54. The Labute approximate surface area is 121 Å². The van der Waals surface area contributed by atoms with E-state index in [1.807, 2.05) is 30.3 Å². The molecule has 1 atom stereocenters. The first-order chi connectivity index (χ1) is 9.38. The van der Waals surface area contributed by atoms with Gasteiger partial charge in [0.25, 0.3) is 0 Å². The van der Waals surface area contributed by atoms with E-state index in [1.165, 1.54) is 0 Å². The molecule has 0 saturated carbocycles. The average molecular weight is 272 g/mol. The highest BCUT2D eigenvalue weighted by atomic mass is 16.5. The number of ether oxygens (including phenoxy) is 1. The minimum absolute atomic E-state index is 0.246. The Hall–Kier alpha value is -1.54. The molecule has 0 amide bonds. The number of aliphatic hydroxyl groups is 1. The first-order valence-electron chi connectivity index (χ1n) is 7.21. The van der Waals surface area contributed by atoms with Crippen LogP contribution in [0.15, 0.2) is 36.4 Å². The number of hydrogen-bond acceptors (Lipinski definition) is 2. The van der Waals surface area contributed by atoms with Gasteiger partial charge in [0.2, 0.25) is 0 Å². The Morgan fingerprint density at radius 1 is 1.10 bits per heavy atom. The van der Waals surface area contributed by atoms with Gasteiger partial charge in [0.15, 0.2) is 0 Å². The summed E-state index contributed by atoms with van der Waals surface area (Å²) >= 11 is 0. The van der Waals surface area contributed by atoms with E-state index >= 15 is 0 Å². The van der Waals surface area contributed by atoms with Crippen molar-refractivity contribution in [3.8, 4) is 5.75 Å². The summed E-state index contributed by atoms with van der Waals surface area (Å²) in [7, 11) is 0. The Morgan fingerprint density at radius 3 is 2.45 bits per heavy atom. The lowest BCUT2D eigenvalue weighted by molar-refractivity contribution is 0.187. The van der Waals surface area contributed by atoms with Gasteiger partial charge in [-0.15, -0.1) is 0 Å². The first-order valence-corrected chi connectivity index (χ1v) is 7.21. The minimum atomic E-state index is -0.524. The molecule has 0 aliphatic carbocycles. The molecule has 0 aliphatic rings. The molecule has 0 bridgehead atoms. The van der Waals surface area contributed by atoms with Crippen LogP contribution in [-0.4, -0.2) is 11.7 Å². The van der Waals surface area contributed by atoms with Crippen LogP contribution in [0.1, 0.15) is 45.8 Å². The van der Waals surface area contributed by atoms with Crippen LogP contribution in [0.25, 0.3) is 10.8 Å². The number of aliphatic hydroxyl groups excluding tert-OH is 1. The van der Waals surface area contributed by atoms with Gasteiger partial charge in [0, 0.05) is 10.9 Å². The number of benzene rings is 2. The van der Waals surface area contributed by atoms with E-state index in [0.29, 0.717) is 6.61 Å². The molecule has 0 heterocycles. The molecule has 2 nitrogen and oxygen atoms in total. The number of hydrogen-bond donors (Lipinski definition) is 1. The van der Waals surface area contributed by atoms with Gasteiger partial charge in [-0.05, 0) is 24.1 Å². The van der Waals surface area contributed by atoms with Crippen molar-refractivity contribution in [2.24, 2.45) is 5.41 Å². The summed E-state index contributed by atoms with van der Waals surface area (Å²) in [6.07, 6.45) is 0.458. The van der Waals surface area contributed by atoms with Crippen molar-refractivity contribution in [3.05, 3.63) is 42.0 Å². The standard InChI is InChI=1S/C18H24O2/c1-13(19)15-10-9-14-7-5-6-8-16(14)17(15)20-12-11-18(2,3)4/h5-10,13,19H,11-12H2,1-4H3/t13-/m1/s1. The molecule has 0 radical (unpaired) electrons. The van der Waals surface area contributed by atoms with E-state index in [-0.39, 0.29) is 5.41 Å². The maximum Gasteiger partial charge on any atom is 0.132 e. The van der Waals surface area contributed by atoms with Crippen molar-refractivity contribution < 1.29 is 9.84 Å². The van der Waals surface area contributed by atoms with Crippen LogP contribution in [0.3, 0.4) is 0 Å². The van der Waals surface area contributed by atoms with Gasteiger partial charge in [-0.1, -0.05) is 57.2 Å². The largest absolute Gasteiger partial charge is 0.493 e. The summed E-state index contributed by atoms with van der Waals surface area (Å²) < 4.78 is 6.03. The van der Waals surface area contributed by atoms with Gasteiger partial charge in [-0.2, -0.15) is 0 Å². The molecule has 0 aromatic heterocycles. The van der Waals surface area contributed by atoms with Crippen LogP contribution in [0.2, 0.25) is 0 Å². The lowest BCUT2D eigenvalue weighted by atomic mass is 9.93. The Morgan fingerprint density at radius 2 is 1.80 bits per heavy atom. The summed E-state index contributed by atoms with van der Waals surface area (Å²) in [5.41, 5.74) is 1.10. The summed E-state index contributed by atoms with van der Waals surface area (Å²) in [4.78, 5) is 0. The predicted octanol–water partition coefficient (Wildman–Crippen LogP) is 4.71. The van der Waals surface area contributed by atoms with Crippen LogP contribution in [-0.2, 0) is 0 Å². The zero-order chi connectivity index (χ0) is 14.8. The fourth-order valence-electron chi connectivity index (χ4n) is 2.21. The summed E-state index contributed by atoms with van der Waals surface area (Å²) in [6.45, 7) is 9.05. The third kappa shape index (κ3) is 3.51. The lowest BCUT2D eigenvalue weighted by Gasteiger charge is -2.20. The molecular formula is C18H24O2. The SMILES string of the molecule is C[C@@H](O)c1ccc2ccccc2c1OCCC(C)(C)C. The van der Waals surface area contributed by atoms with Gasteiger partial charge >= 0.3 is 0 Å². The Balaban J connectivity index is 2.35. The molecule has 0 spiro atoms. The molecule has 108 valence electrons. The zero-order valence-corrected chi connectivity index (χ0v) is 12.8. The second kappa shape index (κ2) is 5.84. The van der Waals surface area contributed by atoms with Crippen molar-refractivity contribution in [1.29, 1.82) is 0 Å². The first kappa shape index (κ1) is 14.9. The molecule has 0 aliphatic heterocycles. The van der Waals surface area contributed by atoms with Crippen LogP contribution in [0, 0.1) is 5.41 Å². The Bertz CT molecular complexity index is 579. The highest BCUT2D eigenvalue weighted by molar-refractivity contribution is 5.89. The fourth-order valence-corrected chi connectivity index (χ4v) is 2.21. The van der Waals surface area contributed by atoms with Crippen LogP contribution in [0.5, 0.6) is 5.75 Å². The van der Waals surface area contributed by atoms with E-state index < -0.39 is 6.10 Å². The van der Waals surface area contributed by atoms with E-state index in [2.05, 4.69) is 26.8 Å². The van der Waals surface area contributed by atoms with Crippen molar-refractivity contribution in [2.45, 2.75) is 40.2 Å². The normalized spacial score (nSPS) is 13.4. The monoisotopic (exact) mass is 272 g/mol. The zero-order valence-electron chi connectivity index (χ0n) is 12.8. The molecular weight excluding hydrogens is 248 g/mol. The van der Waals surface area contributed by atoms with Gasteiger partial charge in [-0.3, -0.25) is 0 Å². The summed E-state index contributed by atoms with van der Waals surface area (Å²) in [5.74, 6) is 0.822. The van der Waals surface area contributed by atoms with Crippen LogP contribution < -0.4 is 4.74 Å². The maximum absolute atomic E-state index is 9.94. The van der Waals surface area contributed by atoms with Crippen molar-refractivity contribution in [1.82, 2.24) is 0 Å². The topological polar surface area (TPSA) is 29.5 Å². The third-order valence-corrected chi connectivity index (χ3v) is 3.46. The molecule has 1 N–H and O–H groups in total. The molecule has 20 heavy (non-hydrogen) atoms. The highest BCUT2D eigenvalue weighted by Gasteiger charge is 2.15. The van der Waals surface area contributed by atoms with E-state index in [9.17, 15) is 5.11 Å². The van der Waals surface area contributed by atoms with E-state index in [0.717, 1.165) is 28.5 Å². The van der Waals surface area contributed by atoms with E-state index in [1.54, 1.807) is 6.92 Å². The van der Waals surface area contributed by atoms with Crippen molar-refractivity contribution in [2.75, 3.05) is 6.61 Å². The van der Waals surface area contributed by atoms with Crippen LogP contribution >= 0.6 is 0 Å². The second-order valence-electron chi connectivity index (χ2n) is 6.54. The Kier molecular flexibility index (Phi) is 4.34. The van der Waals surface area contributed by atoms with Crippen molar-refractivity contribution >= 4 is 10.8 Å². The van der Waals surface area contributed by atoms with Gasteiger partial charge in [-0.25, -0.2) is 0 Å². The average Bonchev–Trinajstić information content (AvgIpc) is 2.37. The number of fused-ring (bicyclic) bond motifs is 1. The highest BCUT2D eigenvalue weighted by Crippen LogP contribution is 2.34. The smallest absolute Gasteiger partial charge is 0.132 e. The molecule has 2 rings (SSSR count). The predicted molar refractivity (Wildman–Crippen MR) is 84.1 cm³/mol. The van der Waals surface area contributed by atoms with Crippen molar-refractivity contribution in [3.63, 3.8) is 0 Å². The summed E-state index contributed by atoms with van der Waals surface area (Å²) in [5, 5.41) is 12.2. The quantitative estimate of drug-likeness (QED) is 0.873. The molecule has 0 saturated heterocycles. The van der Waals surface area contributed by atoms with Gasteiger partial charge < -0.3 is 9.84 Å². The third-order valence-electron chi connectivity index (χ3n) is 3.46. The molecule has 2 aromatic carbocycles. The number of rotatable bonds is 4. The molecule has 2 aromatic rings. The minimum Gasteiger partial charge on any atom is -0.493 e. The maximum atomic E-state index is 9.94. The molecule has 0 unspecified atom stereocenters. The molecule has 2 heteroatoms. The fraction of sp³-hybridized carbons (Fsp3) is 0.444.